The average Bonchev–Trinajstić information content (AvgIpc) is 2.72. The lowest BCUT2D eigenvalue weighted by atomic mass is 9.79. The van der Waals surface area contributed by atoms with Crippen molar-refractivity contribution in [2.75, 3.05) is 13.2 Å². The molecule has 1 aliphatic carbocycles. The molecule has 0 heterocycles. The van der Waals surface area contributed by atoms with Gasteiger partial charge in [0.05, 0.1) is 13.2 Å². The Kier molecular flexibility index (Phi) is 7.24. The van der Waals surface area contributed by atoms with Crippen LogP contribution in [0.4, 0.5) is 13.2 Å². The van der Waals surface area contributed by atoms with Crippen LogP contribution in [-0.4, -0.2) is 13.2 Å². The van der Waals surface area contributed by atoms with Gasteiger partial charge in [0.15, 0.2) is 23.1 Å². The summed E-state index contributed by atoms with van der Waals surface area (Å²) in [6.07, 6.45) is 6.85. The van der Waals surface area contributed by atoms with Crippen molar-refractivity contribution in [3.63, 3.8) is 0 Å². The lowest BCUT2D eigenvalue weighted by Gasteiger charge is -2.29. The minimum Gasteiger partial charge on any atom is -0.491 e. The highest BCUT2D eigenvalue weighted by Crippen LogP contribution is 2.39. The van der Waals surface area contributed by atoms with Crippen LogP contribution in [0.15, 0.2) is 36.4 Å². The third kappa shape index (κ3) is 5.14. The van der Waals surface area contributed by atoms with Gasteiger partial charge in [-0.25, -0.2) is 8.78 Å². The number of halogens is 3. The Labute approximate surface area is 170 Å². The molecule has 5 heteroatoms. The van der Waals surface area contributed by atoms with E-state index < -0.39 is 11.6 Å². The van der Waals surface area contributed by atoms with E-state index in [-0.39, 0.29) is 29.2 Å². The summed E-state index contributed by atoms with van der Waals surface area (Å²) in [5, 5.41) is 0. The fourth-order valence-electron chi connectivity index (χ4n) is 3.91. The number of benzene rings is 2. The molecule has 156 valence electrons. The highest BCUT2D eigenvalue weighted by molar-refractivity contribution is 5.50. The van der Waals surface area contributed by atoms with Gasteiger partial charge in [0.1, 0.15) is 0 Å². The molecule has 2 nitrogen and oxygen atoms in total. The van der Waals surface area contributed by atoms with Gasteiger partial charge in [-0.3, -0.25) is 0 Å². The van der Waals surface area contributed by atoms with Gasteiger partial charge in [0.2, 0.25) is 5.82 Å². The predicted octanol–water partition coefficient (Wildman–Crippen LogP) is 6.89. The van der Waals surface area contributed by atoms with Crippen molar-refractivity contribution < 1.29 is 22.6 Å². The zero-order valence-electron chi connectivity index (χ0n) is 16.9. The number of ether oxygens (including phenoxy) is 2. The lowest BCUT2D eigenvalue weighted by molar-refractivity contribution is 0.193. The van der Waals surface area contributed by atoms with Crippen LogP contribution in [0.2, 0.25) is 0 Å². The van der Waals surface area contributed by atoms with Crippen molar-refractivity contribution in [1.29, 1.82) is 0 Å². The largest absolute Gasteiger partial charge is 0.491 e. The molecule has 0 unspecified atom stereocenters. The van der Waals surface area contributed by atoms with Gasteiger partial charge >= 0.3 is 0 Å². The van der Waals surface area contributed by atoms with Crippen LogP contribution in [-0.2, 0) is 0 Å². The molecule has 0 N–H and O–H groups in total. The summed E-state index contributed by atoms with van der Waals surface area (Å²) in [6, 6.07) is 8.06. The van der Waals surface area contributed by atoms with Gasteiger partial charge in [-0.15, -0.1) is 0 Å². The van der Waals surface area contributed by atoms with Crippen LogP contribution in [0.25, 0.3) is 6.08 Å². The number of allylic oxidation sites excluding steroid dienone is 1. The first-order chi connectivity index (χ1) is 14.0. The van der Waals surface area contributed by atoms with E-state index in [1.807, 2.05) is 25.1 Å². The minimum absolute atomic E-state index is 0.0201. The maximum Gasteiger partial charge on any atom is 0.200 e. The molecule has 0 spiro atoms. The van der Waals surface area contributed by atoms with Crippen molar-refractivity contribution >= 4 is 6.08 Å². The SMILES string of the molecule is CC=Cc1ccc(OCC2CCC(c3ccc(OCC)c(F)c3F)CC2)c(F)c1. The fraction of sp³-hybridized carbons (Fsp3) is 0.417. The average molecular weight is 404 g/mol. The Morgan fingerprint density at radius 2 is 1.66 bits per heavy atom. The van der Waals surface area contributed by atoms with E-state index in [1.165, 1.54) is 12.1 Å². The minimum atomic E-state index is -0.911. The second-order valence-corrected chi connectivity index (χ2v) is 7.43. The van der Waals surface area contributed by atoms with E-state index in [0.717, 1.165) is 31.2 Å². The first-order valence-corrected chi connectivity index (χ1v) is 10.2. The Morgan fingerprint density at radius 1 is 0.931 bits per heavy atom. The van der Waals surface area contributed by atoms with Crippen LogP contribution in [0.3, 0.4) is 0 Å². The van der Waals surface area contributed by atoms with Gasteiger partial charge in [0.25, 0.3) is 0 Å². The van der Waals surface area contributed by atoms with Gasteiger partial charge < -0.3 is 9.47 Å². The second-order valence-electron chi connectivity index (χ2n) is 7.43. The molecule has 0 saturated heterocycles. The van der Waals surface area contributed by atoms with Crippen LogP contribution in [0, 0.1) is 23.4 Å². The molecule has 0 amide bonds. The standard InChI is InChI=1S/C24H27F3O2/c1-3-5-16-8-12-21(20(25)14-16)29-15-17-6-9-18(10-7-17)19-11-13-22(28-4-2)24(27)23(19)26/h3,5,8,11-14,17-18H,4,6-7,9-10,15H2,1-2H3. The summed E-state index contributed by atoms with van der Waals surface area (Å²) in [5.41, 5.74) is 1.21. The summed E-state index contributed by atoms with van der Waals surface area (Å²) in [4.78, 5) is 0. The topological polar surface area (TPSA) is 18.5 Å². The summed E-state index contributed by atoms with van der Waals surface area (Å²) in [6.45, 7) is 4.33. The smallest absolute Gasteiger partial charge is 0.200 e. The summed E-state index contributed by atoms with van der Waals surface area (Å²) in [5.74, 6) is -1.63. The van der Waals surface area contributed by atoms with E-state index in [4.69, 9.17) is 9.47 Å². The van der Waals surface area contributed by atoms with Crippen LogP contribution < -0.4 is 9.47 Å². The van der Waals surface area contributed by atoms with Crippen molar-refractivity contribution in [1.82, 2.24) is 0 Å². The molecule has 2 aromatic carbocycles. The third-order valence-corrected chi connectivity index (χ3v) is 5.45. The second kappa shape index (κ2) is 9.86. The van der Waals surface area contributed by atoms with E-state index in [9.17, 15) is 13.2 Å². The summed E-state index contributed by atoms with van der Waals surface area (Å²) >= 11 is 0. The summed E-state index contributed by atoms with van der Waals surface area (Å²) < 4.78 is 53.5. The zero-order chi connectivity index (χ0) is 20.8. The molecule has 0 aromatic heterocycles. The van der Waals surface area contributed by atoms with Gasteiger partial charge in [-0.1, -0.05) is 24.3 Å². The van der Waals surface area contributed by atoms with Crippen molar-refractivity contribution in [3.8, 4) is 11.5 Å². The Morgan fingerprint density at radius 3 is 2.31 bits per heavy atom. The Bertz CT molecular complexity index is 855. The van der Waals surface area contributed by atoms with Crippen LogP contribution >= 0.6 is 0 Å². The van der Waals surface area contributed by atoms with Crippen molar-refractivity contribution in [2.45, 2.75) is 45.4 Å². The quantitative estimate of drug-likeness (QED) is 0.500. The molecule has 0 aliphatic heterocycles. The maximum atomic E-state index is 14.4. The number of hydrogen-bond donors (Lipinski definition) is 0. The van der Waals surface area contributed by atoms with E-state index in [2.05, 4.69) is 0 Å². The highest BCUT2D eigenvalue weighted by atomic mass is 19.2. The maximum absolute atomic E-state index is 14.4. The third-order valence-electron chi connectivity index (χ3n) is 5.45. The monoisotopic (exact) mass is 404 g/mol. The molecule has 29 heavy (non-hydrogen) atoms. The number of hydrogen-bond acceptors (Lipinski definition) is 2. The first kappa shape index (κ1) is 21.3. The van der Waals surface area contributed by atoms with E-state index in [0.29, 0.717) is 18.8 Å². The molecule has 3 rings (SSSR count). The fourth-order valence-corrected chi connectivity index (χ4v) is 3.91. The van der Waals surface area contributed by atoms with Gasteiger partial charge in [-0.2, -0.15) is 4.39 Å². The van der Waals surface area contributed by atoms with Gasteiger partial charge in [0, 0.05) is 0 Å². The molecular formula is C24H27F3O2. The molecule has 2 aromatic rings. The van der Waals surface area contributed by atoms with Gasteiger partial charge in [-0.05, 0) is 80.7 Å². The molecule has 1 fully saturated rings. The number of rotatable bonds is 7. The van der Waals surface area contributed by atoms with Crippen molar-refractivity contribution in [3.05, 3.63) is 65.0 Å². The Balaban J connectivity index is 1.55. The first-order valence-electron chi connectivity index (χ1n) is 10.2. The highest BCUT2D eigenvalue weighted by Gasteiger charge is 2.27. The summed E-state index contributed by atoms with van der Waals surface area (Å²) in [7, 11) is 0. The molecule has 0 atom stereocenters. The van der Waals surface area contributed by atoms with E-state index >= 15 is 0 Å². The normalized spacial score (nSPS) is 19.5. The molecule has 1 aliphatic rings. The van der Waals surface area contributed by atoms with Crippen LogP contribution in [0.1, 0.15) is 56.6 Å². The molecule has 0 bridgehead atoms. The molecule has 1 saturated carbocycles. The zero-order valence-corrected chi connectivity index (χ0v) is 16.9. The molecule has 0 radical (unpaired) electrons. The van der Waals surface area contributed by atoms with E-state index in [1.54, 1.807) is 19.1 Å². The van der Waals surface area contributed by atoms with Crippen molar-refractivity contribution in [2.24, 2.45) is 5.92 Å². The Hall–Kier alpha value is -2.43. The van der Waals surface area contributed by atoms with Crippen LogP contribution in [0.5, 0.6) is 11.5 Å². The lowest BCUT2D eigenvalue weighted by Crippen LogP contribution is -2.20. The predicted molar refractivity (Wildman–Crippen MR) is 109 cm³/mol. The molecular weight excluding hydrogens is 377 g/mol.